The largest absolute Gasteiger partial charge is 0.464 e. The number of furan rings is 1. The molecule has 2 rings (SSSR count). The van der Waals surface area contributed by atoms with Gasteiger partial charge in [0.1, 0.15) is 5.58 Å². The Bertz CT molecular complexity index is 623. The maximum Gasteiger partial charge on any atom is 0.294 e. The Hall–Kier alpha value is -1.66. The van der Waals surface area contributed by atoms with Crippen LogP contribution in [0.4, 0.5) is 0 Å². The monoisotopic (exact) mass is 226 g/mol. The van der Waals surface area contributed by atoms with Crippen molar-refractivity contribution in [3.05, 3.63) is 30.0 Å². The minimum atomic E-state index is -4.31. The van der Waals surface area contributed by atoms with Crippen LogP contribution in [0.25, 0.3) is 11.0 Å². The normalized spacial score (nSPS) is 11.8. The Morgan fingerprint density at radius 1 is 1.33 bits per heavy atom. The van der Waals surface area contributed by atoms with Crippen LogP contribution in [-0.4, -0.2) is 19.3 Å². The molecule has 0 fully saturated rings. The van der Waals surface area contributed by atoms with Crippen LogP contribution in [0.2, 0.25) is 0 Å². The highest BCUT2D eigenvalue weighted by atomic mass is 32.2. The van der Waals surface area contributed by atoms with Gasteiger partial charge in [0.05, 0.1) is 16.7 Å². The Kier molecular flexibility index (Phi) is 2.09. The number of aldehydes is 1. The predicted molar refractivity (Wildman–Crippen MR) is 51.4 cm³/mol. The van der Waals surface area contributed by atoms with Crippen molar-refractivity contribution in [1.82, 2.24) is 0 Å². The van der Waals surface area contributed by atoms with Crippen LogP contribution in [0.3, 0.4) is 0 Å². The average Bonchev–Trinajstić information content (AvgIpc) is 2.62. The molecule has 0 aliphatic carbocycles. The Labute approximate surface area is 85.1 Å². The van der Waals surface area contributed by atoms with Crippen molar-refractivity contribution in [1.29, 1.82) is 0 Å². The van der Waals surface area contributed by atoms with Gasteiger partial charge in [-0.3, -0.25) is 9.35 Å². The standard InChI is InChI=1S/C9H6O5S/c10-5-7-4-8(15(11,12)13)3-6-1-2-14-9(6)7/h1-5H,(H,11,12,13). The molecule has 1 heterocycles. The fraction of sp³-hybridized carbons (Fsp3) is 0. The lowest BCUT2D eigenvalue weighted by molar-refractivity contribution is 0.112. The summed E-state index contributed by atoms with van der Waals surface area (Å²) in [7, 11) is -4.31. The van der Waals surface area contributed by atoms with E-state index < -0.39 is 10.1 Å². The Morgan fingerprint density at radius 3 is 2.67 bits per heavy atom. The molecule has 0 unspecified atom stereocenters. The van der Waals surface area contributed by atoms with E-state index >= 15 is 0 Å². The predicted octanol–water partition coefficient (Wildman–Crippen LogP) is 1.49. The minimum Gasteiger partial charge on any atom is -0.464 e. The van der Waals surface area contributed by atoms with Crippen molar-refractivity contribution in [3.63, 3.8) is 0 Å². The van der Waals surface area contributed by atoms with Gasteiger partial charge in [0.15, 0.2) is 6.29 Å². The second kappa shape index (κ2) is 3.18. The lowest BCUT2D eigenvalue weighted by Crippen LogP contribution is -1.99. The van der Waals surface area contributed by atoms with E-state index in [1.54, 1.807) is 0 Å². The van der Waals surface area contributed by atoms with Crippen LogP contribution < -0.4 is 0 Å². The summed E-state index contributed by atoms with van der Waals surface area (Å²) in [6.45, 7) is 0. The second-order valence-electron chi connectivity index (χ2n) is 2.94. The summed E-state index contributed by atoms with van der Waals surface area (Å²) in [4.78, 5) is 10.3. The number of carbonyl (C=O) groups excluding carboxylic acids is 1. The van der Waals surface area contributed by atoms with E-state index in [2.05, 4.69) is 0 Å². The van der Waals surface area contributed by atoms with E-state index in [1.807, 2.05) is 0 Å². The lowest BCUT2D eigenvalue weighted by atomic mass is 10.2. The van der Waals surface area contributed by atoms with Crippen LogP contribution in [0, 0.1) is 0 Å². The quantitative estimate of drug-likeness (QED) is 0.619. The summed E-state index contributed by atoms with van der Waals surface area (Å²) in [5.41, 5.74) is 0.391. The molecular formula is C9H6O5S. The molecule has 1 aromatic heterocycles. The smallest absolute Gasteiger partial charge is 0.294 e. The molecule has 0 bridgehead atoms. The third kappa shape index (κ3) is 1.64. The van der Waals surface area contributed by atoms with Gasteiger partial charge in [-0.05, 0) is 18.2 Å². The van der Waals surface area contributed by atoms with Crippen LogP contribution in [0.1, 0.15) is 10.4 Å². The molecule has 0 atom stereocenters. The molecule has 15 heavy (non-hydrogen) atoms. The molecule has 0 aliphatic rings. The highest BCUT2D eigenvalue weighted by molar-refractivity contribution is 7.85. The van der Waals surface area contributed by atoms with E-state index in [9.17, 15) is 13.2 Å². The van der Waals surface area contributed by atoms with Gasteiger partial charge in [0.2, 0.25) is 0 Å². The van der Waals surface area contributed by atoms with Crippen molar-refractivity contribution in [2.24, 2.45) is 0 Å². The zero-order valence-electron chi connectivity index (χ0n) is 7.38. The molecule has 6 heteroatoms. The molecule has 78 valence electrons. The van der Waals surface area contributed by atoms with Crippen molar-refractivity contribution in [3.8, 4) is 0 Å². The first kappa shape index (κ1) is 9.88. The SMILES string of the molecule is O=Cc1cc(S(=O)(=O)O)cc2ccoc12. The molecule has 1 aromatic carbocycles. The summed E-state index contributed by atoms with van der Waals surface area (Å²) in [6.07, 6.45) is 1.81. The fourth-order valence-electron chi connectivity index (χ4n) is 1.32. The molecule has 5 nitrogen and oxygen atoms in total. The molecule has 0 saturated heterocycles. The molecule has 0 aliphatic heterocycles. The molecule has 2 aromatic rings. The summed E-state index contributed by atoms with van der Waals surface area (Å²) >= 11 is 0. The van der Waals surface area contributed by atoms with Crippen LogP contribution in [0.5, 0.6) is 0 Å². The van der Waals surface area contributed by atoms with Crippen molar-refractivity contribution >= 4 is 27.4 Å². The maximum atomic E-state index is 10.9. The molecule has 0 amide bonds. The maximum absolute atomic E-state index is 10.9. The van der Waals surface area contributed by atoms with Gasteiger partial charge in [-0.2, -0.15) is 8.42 Å². The summed E-state index contributed by atoms with van der Waals surface area (Å²) in [5, 5.41) is 0.451. The first-order valence-electron chi connectivity index (χ1n) is 3.96. The Morgan fingerprint density at radius 2 is 2.07 bits per heavy atom. The van der Waals surface area contributed by atoms with Crippen LogP contribution in [-0.2, 0) is 10.1 Å². The van der Waals surface area contributed by atoms with E-state index in [-0.39, 0.29) is 10.5 Å². The average molecular weight is 226 g/mol. The fourth-order valence-corrected chi connectivity index (χ4v) is 1.87. The van der Waals surface area contributed by atoms with Crippen molar-refractivity contribution < 1.29 is 22.2 Å². The Balaban J connectivity index is 2.86. The molecule has 0 spiro atoms. The number of fused-ring (bicyclic) bond motifs is 1. The number of rotatable bonds is 2. The summed E-state index contributed by atoms with van der Waals surface area (Å²) in [6, 6.07) is 3.81. The first-order chi connectivity index (χ1) is 7.02. The van der Waals surface area contributed by atoms with Gasteiger partial charge in [0, 0.05) is 5.39 Å². The van der Waals surface area contributed by atoms with Gasteiger partial charge in [-0.25, -0.2) is 0 Å². The van der Waals surface area contributed by atoms with Gasteiger partial charge in [-0.1, -0.05) is 0 Å². The topological polar surface area (TPSA) is 84.6 Å². The number of carbonyl (C=O) groups is 1. The minimum absolute atomic E-state index is 0.0881. The molecule has 1 N–H and O–H groups in total. The third-order valence-corrected chi connectivity index (χ3v) is 2.81. The van der Waals surface area contributed by atoms with E-state index in [1.165, 1.54) is 18.4 Å². The lowest BCUT2D eigenvalue weighted by Gasteiger charge is -1.98. The van der Waals surface area contributed by atoms with Gasteiger partial charge >= 0.3 is 0 Å². The number of hydrogen-bond acceptors (Lipinski definition) is 4. The molecular weight excluding hydrogens is 220 g/mol. The summed E-state index contributed by atoms with van der Waals surface area (Å²) < 4.78 is 35.6. The van der Waals surface area contributed by atoms with Gasteiger partial charge < -0.3 is 4.42 Å². The zero-order chi connectivity index (χ0) is 11.1. The highest BCUT2D eigenvalue weighted by Gasteiger charge is 2.14. The second-order valence-corrected chi connectivity index (χ2v) is 4.37. The van der Waals surface area contributed by atoms with Crippen molar-refractivity contribution in [2.75, 3.05) is 0 Å². The van der Waals surface area contributed by atoms with E-state index in [0.717, 1.165) is 6.07 Å². The van der Waals surface area contributed by atoms with E-state index in [4.69, 9.17) is 8.97 Å². The zero-order valence-corrected chi connectivity index (χ0v) is 8.19. The highest BCUT2D eigenvalue weighted by Crippen LogP contribution is 2.23. The number of hydrogen-bond donors (Lipinski definition) is 1. The molecule has 0 radical (unpaired) electrons. The number of benzene rings is 1. The van der Waals surface area contributed by atoms with Crippen molar-refractivity contribution in [2.45, 2.75) is 4.90 Å². The van der Waals surface area contributed by atoms with Crippen LogP contribution >= 0.6 is 0 Å². The summed E-state index contributed by atoms with van der Waals surface area (Å²) in [5.74, 6) is 0. The molecule has 0 saturated carbocycles. The van der Waals surface area contributed by atoms with Crippen LogP contribution in [0.15, 0.2) is 33.8 Å². The van der Waals surface area contributed by atoms with Gasteiger partial charge in [0.25, 0.3) is 10.1 Å². The van der Waals surface area contributed by atoms with E-state index in [0.29, 0.717) is 17.3 Å². The first-order valence-corrected chi connectivity index (χ1v) is 5.40. The third-order valence-electron chi connectivity index (χ3n) is 1.98. The van der Waals surface area contributed by atoms with Gasteiger partial charge in [-0.15, -0.1) is 0 Å².